The van der Waals surface area contributed by atoms with Gasteiger partial charge in [-0.1, -0.05) is 24.3 Å². The number of ether oxygens (including phenoxy) is 1. The smallest absolute Gasteiger partial charge is 0.262 e. The Morgan fingerprint density at radius 3 is 2.46 bits per heavy atom. The van der Waals surface area contributed by atoms with E-state index in [4.69, 9.17) is 4.74 Å². The van der Waals surface area contributed by atoms with E-state index in [9.17, 15) is 13.2 Å². The molecule has 0 unspecified atom stereocenters. The molecule has 2 aromatic carbocycles. The van der Waals surface area contributed by atoms with Gasteiger partial charge in [-0.15, -0.1) is 0 Å². The van der Waals surface area contributed by atoms with Crippen molar-refractivity contribution in [3.63, 3.8) is 0 Å². The van der Waals surface area contributed by atoms with Crippen molar-refractivity contribution in [3.8, 4) is 17.0 Å². The molecule has 0 bridgehead atoms. The molecule has 7 rings (SSSR count). The van der Waals surface area contributed by atoms with Gasteiger partial charge in [-0.2, -0.15) is 0 Å². The zero-order valence-corrected chi connectivity index (χ0v) is 24.0. The van der Waals surface area contributed by atoms with Crippen LogP contribution in [0.5, 0.6) is 5.88 Å². The average Bonchev–Trinajstić information content (AvgIpc) is 3.71. The maximum atomic E-state index is 13.3. The molecule has 3 heterocycles. The van der Waals surface area contributed by atoms with Gasteiger partial charge < -0.3 is 14.5 Å². The topological polar surface area (TPSA) is 105 Å². The van der Waals surface area contributed by atoms with Crippen molar-refractivity contribution in [2.24, 2.45) is 0 Å². The molecule has 0 radical (unpaired) electrons. The van der Waals surface area contributed by atoms with E-state index in [0.29, 0.717) is 6.04 Å². The highest BCUT2D eigenvalue weighted by Crippen LogP contribution is 2.58. The Morgan fingerprint density at radius 2 is 1.76 bits per heavy atom. The monoisotopic (exact) mass is 569 g/mol. The van der Waals surface area contributed by atoms with Crippen molar-refractivity contribution in [3.05, 3.63) is 72.6 Å². The Hall–Kier alpha value is -4.02. The second-order valence-corrected chi connectivity index (χ2v) is 13.2. The number of carbonyl (C=O) groups is 1. The van der Waals surface area contributed by atoms with E-state index in [0.717, 1.165) is 59.0 Å². The molecular weight excluding hydrogens is 538 g/mol. The molecule has 1 amide bonds. The van der Waals surface area contributed by atoms with Gasteiger partial charge in [0.05, 0.1) is 27.7 Å². The van der Waals surface area contributed by atoms with Crippen LogP contribution in [0.4, 0.5) is 11.4 Å². The first-order valence-electron chi connectivity index (χ1n) is 13.8. The Labute approximate surface area is 239 Å². The van der Waals surface area contributed by atoms with Crippen molar-refractivity contribution in [2.45, 2.75) is 48.1 Å². The SMILES string of the molecule is CN1C(=O)C2(CC2)c2c1cnc1ccc(-c3cnc(OC4CC(N(C)C)C4)c(NS(=O)(=O)c4ccccc4)c3)cc21. The lowest BCUT2D eigenvalue weighted by molar-refractivity contribution is -0.119. The van der Waals surface area contributed by atoms with Gasteiger partial charge in [-0.25, -0.2) is 13.4 Å². The molecule has 10 heteroatoms. The maximum absolute atomic E-state index is 13.3. The largest absolute Gasteiger partial charge is 0.473 e. The summed E-state index contributed by atoms with van der Waals surface area (Å²) >= 11 is 0. The standard InChI is InChI=1S/C31H31N5O4S/c1-35(2)21-15-22(16-21)40-29-26(34-41(38,39)23-7-5-4-6-8-23)14-20(17-33-29)19-9-10-25-24(13-19)28-27(18-32-25)36(3)30(37)31(28)11-12-31/h4-10,13-14,17-18,21-22,34H,11-12,15-16H2,1-3H3. The number of benzene rings is 2. The second kappa shape index (κ2) is 9.25. The molecule has 4 aromatic rings. The summed E-state index contributed by atoms with van der Waals surface area (Å²) in [5.74, 6) is 0.378. The summed E-state index contributed by atoms with van der Waals surface area (Å²) < 4.78 is 35.5. The number of sulfonamides is 1. The number of nitrogens with zero attached hydrogens (tertiary/aromatic N) is 4. The number of anilines is 2. The van der Waals surface area contributed by atoms with Gasteiger partial charge >= 0.3 is 0 Å². The summed E-state index contributed by atoms with van der Waals surface area (Å²) in [7, 11) is 2.02. The lowest BCUT2D eigenvalue weighted by Gasteiger charge is -2.39. The highest BCUT2D eigenvalue weighted by Gasteiger charge is 2.59. The van der Waals surface area contributed by atoms with Crippen molar-refractivity contribution in [2.75, 3.05) is 30.8 Å². The van der Waals surface area contributed by atoms with Crippen LogP contribution < -0.4 is 14.4 Å². The molecule has 2 aliphatic carbocycles. The van der Waals surface area contributed by atoms with Crippen LogP contribution in [0.2, 0.25) is 0 Å². The van der Waals surface area contributed by atoms with Gasteiger partial charge in [0, 0.05) is 48.6 Å². The summed E-state index contributed by atoms with van der Waals surface area (Å²) in [6, 6.07) is 16.4. The number of likely N-dealkylation sites (N-methyl/N-ethyl adjacent to an activating group) is 1. The van der Waals surface area contributed by atoms with Crippen LogP contribution in [0.1, 0.15) is 31.2 Å². The Morgan fingerprint density at radius 1 is 1.00 bits per heavy atom. The normalized spacial score (nSPS) is 20.8. The third-order valence-corrected chi connectivity index (χ3v) is 10.1. The average molecular weight is 570 g/mol. The van der Waals surface area contributed by atoms with Gasteiger partial charge in [0.2, 0.25) is 11.8 Å². The highest BCUT2D eigenvalue weighted by atomic mass is 32.2. The lowest BCUT2D eigenvalue weighted by atomic mass is 9.88. The quantitative estimate of drug-likeness (QED) is 0.348. The van der Waals surface area contributed by atoms with Gasteiger partial charge in [-0.05, 0) is 62.8 Å². The number of nitrogens with one attached hydrogen (secondary N) is 1. The third kappa shape index (κ3) is 4.24. The van der Waals surface area contributed by atoms with E-state index in [2.05, 4.69) is 19.6 Å². The molecule has 2 aromatic heterocycles. The third-order valence-electron chi connectivity index (χ3n) is 8.71. The number of rotatable bonds is 7. The van der Waals surface area contributed by atoms with Crippen LogP contribution in [0.25, 0.3) is 22.0 Å². The summed E-state index contributed by atoms with van der Waals surface area (Å²) in [6.07, 6.45) is 6.81. The summed E-state index contributed by atoms with van der Waals surface area (Å²) in [5.41, 5.74) is 4.11. The van der Waals surface area contributed by atoms with Crippen LogP contribution in [0.15, 0.2) is 71.9 Å². The van der Waals surface area contributed by atoms with Gasteiger partial charge in [0.25, 0.3) is 10.0 Å². The molecular formula is C31H31N5O4S. The molecule has 0 atom stereocenters. The van der Waals surface area contributed by atoms with Crippen LogP contribution in [-0.4, -0.2) is 62.5 Å². The summed E-state index contributed by atoms with van der Waals surface area (Å²) in [5, 5.41) is 0.936. The van der Waals surface area contributed by atoms with E-state index in [-0.39, 0.29) is 28.5 Å². The molecule has 1 spiro atoms. The summed E-state index contributed by atoms with van der Waals surface area (Å²) in [6.45, 7) is 0. The molecule has 2 saturated carbocycles. The molecule has 2 fully saturated rings. The predicted molar refractivity (Wildman–Crippen MR) is 158 cm³/mol. The Kier molecular flexibility index (Phi) is 5.85. The van der Waals surface area contributed by atoms with Crippen LogP contribution in [0, 0.1) is 0 Å². The fourth-order valence-electron chi connectivity index (χ4n) is 6.04. The molecule has 0 saturated heterocycles. The van der Waals surface area contributed by atoms with E-state index in [1.54, 1.807) is 53.7 Å². The molecule has 9 nitrogen and oxygen atoms in total. The minimum atomic E-state index is -3.88. The van der Waals surface area contributed by atoms with E-state index in [1.165, 1.54) is 0 Å². The number of aromatic nitrogens is 2. The van der Waals surface area contributed by atoms with E-state index in [1.807, 2.05) is 39.3 Å². The van der Waals surface area contributed by atoms with E-state index < -0.39 is 15.4 Å². The van der Waals surface area contributed by atoms with Gasteiger partial charge in [0.15, 0.2) is 0 Å². The maximum Gasteiger partial charge on any atom is 0.262 e. The first-order chi connectivity index (χ1) is 19.7. The molecule has 210 valence electrons. The number of fused-ring (bicyclic) bond motifs is 4. The minimum absolute atomic E-state index is 0.0423. The fourth-order valence-corrected chi connectivity index (χ4v) is 7.11. The van der Waals surface area contributed by atoms with Crippen molar-refractivity contribution in [1.82, 2.24) is 14.9 Å². The first-order valence-corrected chi connectivity index (χ1v) is 15.3. The Balaban J connectivity index is 1.29. The number of carbonyl (C=O) groups excluding carboxylic acids is 1. The molecule has 1 aliphatic heterocycles. The number of hydrogen-bond acceptors (Lipinski definition) is 7. The molecule has 41 heavy (non-hydrogen) atoms. The van der Waals surface area contributed by atoms with Crippen molar-refractivity contribution in [1.29, 1.82) is 0 Å². The van der Waals surface area contributed by atoms with Crippen LogP contribution >= 0.6 is 0 Å². The zero-order valence-electron chi connectivity index (χ0n) is 23.2. The second-order valence-electron chi connectivity index (χ2n) is 11.5. The van der Waals surface area contributed by atoms with Crippen LogP contribution in [0.3, 0.4) is 0 Å². The first kappa shape index (κ1) is 25.9. The van der Waals surface area contributed by atoms with Crippen LogP contribution in [-0.2, 0) is 20.2 Å². The highest BCUT2D eigenvalue weighted by molar-refractivity contribution is 7.92. The number of hydrogen-bond donors (Lipinski definition) is 1. The minimum Gasteiger partial charge on any atom is -0.473 e. The number of amides is 1. The van der Waals surface area contributed by atoms with Gasteiger partial charge in [0.1, 0.15) is 11.8 Å². The lowest BCUT2D eigenvalue weighted by Crippen LogP contribution is -2.46. The Bertz CT molecular complexity index is 1800. The van der Waals surface area contributed by atoms with E-state index >= 15 is 0 Å². The predicted octanol–water partition coefficient (Wildman–Crippen LogP) is 4.58. The van der Waals surface area contributed by atoms with Crippen molar-refractivity contribution >= 4 is 38.2 Å². The molecule has 1 N–H and O–H groups in total. The zero-order chi connectivity index (χ0) is 28.5. The molecule has 3 aliphatic rings. The summed E-state index contributed by atoms with van der Waals surface area (Å²) in [4.78, 5) is 26.3. The van der Waals surface area contributed by atoms with Crippen molar-refractivity contribution < 1.29 is 17.9 Å². The van der Waals surface area contributed by atoms with Gasteiger partial charge in [-0.3, -0.25) is 14.5 Å². The number of pyridine rings is 2. The fraction of sp³-hybridized carbons (Fsp3) is 0.323.